The molecule has 3 N–H and O–H groups in total. The van der Waals surface area contributed by atoms with Crippen LogP contribution in [0, 0.1) is 11.3 Å². The van der Waals surface area contributed by atoms with Crippen LogP contribution < -0.4 is 5.73 Å². The summed E-state index contributed by atoms with van der Waals surface area (Å²) in [6.45, 7) is 3.90. The number of hydrogen-bond acceptors (Lipinski definition) is 9. The third-order valence-corrected chi connectivity index (χ3v) is 7.52. The largest absolute Gasteiger partial charge is 0.508 e. The van der Waals surface area contributed by atoms with Crippen molar-refractivity contribution in [2.24, 2.45) is 17.1 Å². The normalized spacial score (nSPS) is 13.1. The van der Waals surface area contributed by atoms with Gasteiger partial charge in [0, 0.05) is 6.61 Å². The molecule has 0 radical (unpaired) electrons. The Hall–Kier alpha value is -2.65. The van der Waals surface area contributed by atoms with E-state index in [-0.39, 0.29) is 33.0 Å². The average Bonchev–Trinajstić information content (AvgIpc) is 3.02. The fourth-order valence-corrected chi connectivity index (χ4v) is 4.67. The summed E-state index contributed by atoms with van der Waals surface area (Å²) in [6, 6.07) is 9.18. The van der Waals surface area contributed by atoms with E-state index in [0.29, 0.717) is 25.8 Å². The molecule has 0 aromatic heterocycles. The van der Waals surface area contributed by atoms with E-state index in [1.807, 2.05) is 30.3 Å². The van der Waals surface area contributed by atoms with Gasteiger partial charge in [-0.25, -0.2) is 4.79 Å². The molecule has 1 aromatic rings. The summed E-state index contributed by atoms with van der Waals surface area (Å²) in [6.07, 6.45) is 13.8. The van der Waals surface area contributed by atoms with E-state index in [1.54, 1.807) is 6.92 Å². The quantitative estimate of drug-likeness (QED) is 0.0657. The summed E-state index contributed by atoms with van der Waals surface area (Å²) in [5.41, 5.74) is 4.99. The van der Waals surface area contributed by atoms with E-state index in [4.69, 9.17) is 24.7 Å². The molecule has 0 saturated heterocycles. The zero-order valence-electron chi connectivity index (χ0n) is 26.7. The van der Waals surface area contributed by atoms with Crippen molar-refractivity contribution in [1.82, 2.24) is 0 Å². The van der Waals surface area contributed by atoms with Crippen molar-refractivity contribution in [3.05, 3.63) is 35.9 Å². The summed E-state index contributed by atoms with van der Waals surface area (Å²) in [7, 11) is 0. The number of hydrogen-bond donors (Lipinski definition) is 2. The average molecular weight is 608 g/mol. The minimum Gasteiger partial charge on any atom is -0.465 e. The molecule has 1 rings (SSSR count). The minimum atomic E-state index is -1.40. The van der Waals surface area contributed by atoms with Crippen molar-refractivity contribution in [3.8, 4) is 0 Å². The third-order valence-electron chi connectivity index (χ3n) is 7.52. The van der Waals surface area contributed by atoms with Gasteiger partial charge in [-0.05, 0) is 51.1 Å². The van der Waals surface area contributed by atoms with E-state index >= 15 is 0 Å². The van der Waals surface area contributed by atoms with E-state index in [0.717, 1.165) is 37.7 Å². The second-order valence-electron chi connectivity index (χ2n) is 11.6. The van der Waals surface area contributed by atoms with Gasteiger partial charge in [-0.15, -0.1) is 0 Å². The highest BCUT2D eigenvalue weighted by molar-refractivity contribution is 5.78. The molecular formula is C34H57NO8. The predicted octanol–water partition coefficient (Wildman–Crippen LogP) is 6.87. The zero-order chi connectivity index (χ0) is 31.6. The SMILES string of the molecule is CCCCCCCCCCCCOC(=O)C(C)(COC(=O)OCc1ccccc1)COC(=O)[C@@H](CCCO)CCCCN. The molecule has 0 spiro atoms. The maximum atomic E-state index is 13.2. The number of ether oxygens (including phenoxy) is 4. The number of unbranched alkanes of at least 4 members (excludes halogenated alkanes) is 10. The molecule has 43 heavy (non-hydrogen) atoms. The summed E-state index contributed by atoms with van der Waals surface area (Å²) in [5, 5.41) is 9.25. The van der Waals surface area contributed by atoms with Gasteiger partial charge in [0.25, 0.3) is 0 Å². The topological polar surface area (TPSA) is 134 Å². The molecule has 0 saturated carbocycles. The van der Waals surface area contributed by atoms with Crippen molar-refractivity contribution in [2.45, 2.75) is 117 Å². The van der Waals surface area contributed by atoms with Crippen LogP contribution in [0.4, 0.5) is 4.79 Å². The van der Waals surface area contributed by atoms with Gasteiger partial charge in [0.05, 0.1) is 12.5 Å². The lowest BCUT2D eigenvalue weighted by molar-refractivity contribution is -0.168. The first kappa shape index (κ1) is 38.4. The Balaban J connectivity index is 2.64. The number of rotatable bonds is 26. The van der Waals surface area contributed by atoms with Crippen molar-refractivity contribution >= 4 is 18.1 Å². The number of aliphatic hydroxyl groups is 1. The molecule has 0 amide bonds. The second kappa shape index (κ2) is 24.8. The monoisotopic (exact) mass is 607 g/mol. The van der Waals surface area contributed by atoms with Crippen molar-refractivity contribution in [2.75, 3.05) is 33.0 Å². The molecular weight excluding hydrogens is 550 g/mol. The van der Waals surface area contributed by atoms with Crippen molar-refractivity contribution in [1.29, 1.82) is 0 Å². The van der Waals surface area contributed by atoms with Crippen molar-refractivity contribution in [3.63, 3.8) is 0 Å². The van der Waals surface area contributed by atoms with Crippen LogP contribution in [0.15, 0.2) is 30.3 Å². The molecule has 1 unspecified atom stereocenters. The van der Waals surface area contributed by atoms with Crippen LogP contribution in [0.3, 0.4) is 0 Å². The number of carbonyl (C=O) groups is 3. The first-order chi connectivity index (χ1) is 20.9. The highest BCUT2D eigenvalue weighted by Crippen LogP contribution is 2.24. The molecule has 2 atom stereocenters. The van der Waals surface area contributed by atoms with Gasteiger partial charge >= 0.3 is 18.1 Å². The smallest absolute Gasteiger partial charge is 0.465 e. The number of nitrogens with two attached hydrogens (primary N) is 1. The third kappa shape index (κ3) is 18.6. The molecule has 0 aliphatic rings. The summed E-state index contributed by atoms with van der Waals surface area (Å²) < 4.78 is 21.6. The van der Waals surface area contributed by atoms with Crippen LogP contribution in [-0.2, 0) is 35.1 Å². The Morgan fingerprint density at radius 3 is 2.00 bits per heavy atom. The van der Waals surface area contributed by atoms with Gasteiger partial charge < -0.3 is 29.8 Å². The van der Waals surface area contributed by atoms with Gasteiger partial charge in [0.1, 0.15) is 25.2 Å². The predicted molar refractivity (Wildman–Crippen MR) is 167 cm³/mol. The van der Waals surface area contributed by atoms with Gasteiger partial charge in [-0.3, -0.25) is 9.59 Å². The van der Waals surface area contributed by atoms with E-state index in [1.165, 1.54) is 44.9 Å². The molecule has 9 heteroatoms. The lowest BCUT2D eigenvalue weighted by Gasteiger charge is -2.27. The van der Waals surface area contributed by atoms with Crippen LogP contribution in [0.5, 0.6) is 0 Å². The molecule has 0 aliphatic heterocycles. The summed E-state index contributed by atoms with van der Waals surface area (Å²) >= 11 is 0. The highest BCUT2D eigenvalue weighted by atomic mass is 16.7. The molecule has 1 aromatic carbocycles. The standard InChI is InChI=1S/C34H57NO8/c1-3-4-5-6-7-8-9-10-11-17-25-40-32(38)34(2,28-43-33(39)41-26-29-19-13-12-14-20-29)27-42-31(37)30(22-18-24-36)21-15-16-23-35/h12-14,19-20,30,36H,3-11,15-18,21-28,35H2,1-2H3/t30-,34?/m1/s1. The molecule has 0 fully saturated rings. The van der Waals surface area contributed by atoms with E-state index in [2.05, 4.69) is 6.92 Å². The first-order valence-electron chi connectivity index (χ1n) is 16.3. The molecule has 0 heterocycles. The molecule has 0 bridgehead atoms. The Morgan fingerprint density at radius 1 is 0.767 bits per heavy atom. The fraction of sp³-hybridized carbons (Fsp3) is 0.735. The van der Waals surface area contributed by atoms with E-state index in [9.17, 15) is 19.5 Å². The Labute approximate surface area is 259 Å². The van der Waals surface area contributed by atoms with Crippen LogP contribution in [0.25, 0.3) is 0 Å². The van der Waals surface area contributed by atoms with Crippen LogP contribution in [0.2, 0.25) is 0 Å². The van der Waals surface area contributed by atoms with Crippen LogP contribution in [-0.4, -0.2) is 56.2 Å². The van der Waals surface area contributed by atoms with Gasteiger partial charge in [0.15, 0.2) is 0 Å². The Morgan fingerprint density at radius 2 is 1.37 bits per heavy atom. The number of carbonyl (C=O) groups excluding carboxylic acids is 3. The number of aliphatic hydroxyl groups excluding tert-OH is 1. The maximum Gasteiger partial charge on any atom is 0.508 e. The number of esters is 2. The molecule has 9 nitrogen and oxygen atoms in total. The van der Waals surface area contributed by atoms with E-state index < -0.39 is 29.4 Å². The lowest BCUT2D eigenvalue weighted by Crippen LogP contribution is -2.41. The highest BCUT2D eigenvalue weighted by Gasteiger charge is 2.39. The van der Waals surface area contributed by atoms with Gasteiger partial charge in [-0.1, -0.05) is 101 Å². The number of benzene rings is 1. The molecule has 246 valence electrons. The fourth-order valence-electron chi connectivity index (χ4n) is 4.67. The van der Waals surface area contributed by atoms with Crippen LogP contribution >= 0.6 is 0 Å². The van der Waals surface area contributed by atoms with Gasteiger partial charge in [-0.2, -0.15) is 0 Å². The van der Waals surface area contributed by atoms with Gasteiger partial charge in [0.2, 0.25) is 0 Å². The zero-order valence-corrected chi connectivity index (χ0v) is 26.7. The second-order valence-corrected chi connectivity index (χ2v) is 11.6. The Kier molecular flexibility index (Phi) is 22.1. The van der Waals surface area contributed by atoms with Crippen molar-refractivity contribution < 1.29 is 38.4 Å². The minimum absolute atomic E-state index is 0.0252. The molecule has 0 aliphatic carbocycles. The summed E-state index contributed by atoms with van der Waals surface area (Å²) in [4.78, 5) is 38.5. The maximum absolute atomic E-state index is 13.2. The summed E-state index contributed by atoms with van der Waals surface area (Å²) in [5.74, 6) is -1.46. The van der Waals surface area contributed by atoms with Crippen LogP contribution in [0.1, 0.15) is 116 Å². The first-order valence-corrected chi connectivity index (χ1v) is 16.3. The Bertz CT molecular complexity index is 865. The lowest BCUT2D eigenvalue weighted by atomic mass is 9.92.